The number of carbonyl (C=O) groups is 3. The monoisotopic (exact) mass is 1160 g/mol. The van der Waals surface area contributed by atoms with Crippen molar-refractivity contribution in [3.05, 3.63) is 97.2 Å². The Balaban J connectivity index is 4.35. The van der Waals surface area contributed by atoms with Crippen LogP contribution in [0.4, 0.5) is 0 Å². The number of carbonyl (C=O) groups excluding carboxylic acids is 3. The second-order valence-corrected chi connectivity index (χ2v) is 23.7. The molecule has 0 heterocycles. The van der Waals surface area contributed by atoms with Crippen molar-refractivity contribution in [3.63, 3.8) is 0 Å². The molecule has 1 atom stereocenters. The van der Waals surface area contributed by atoms with E-state index in [1.165, 1.54) is 193 Å². The topological polar surface area (TPSA) is 78.9 Å². The third-order valence-electron chi connectivity index (χ3n) is 15.6. The average Bonchev–Trinajstić information content (AvgIpc) is 3.49. The summed E-state index contributed by atoms with van der Waals surface area (Å²) < 4.78 is 17.0. The summed E-state index contributed by atoms with van der Waals surface area (Å²) in [4.78, 5) is 38.5. The summed E-state index contributed by atoms with van der Waals surface area (Å²) in [5.41, 5.74) is 0. The molecule has 0 aromatic heterocycles. The van der Waals surface area contributed by atoms with Crippen LogP contribution in [0.3, 0.4) is 0 Å². The smallest absolute Gasteiger partial charge is 0.306 e. The van der Waals surface area contributed by atoms with Gasteiger partial charge >= 0.3 is 17.9 Å². The van der Waals surface area contributed by atoms with Crippen molar-refractivity contribution in [2.75, 3.05) is 13.2 Å². The Kier molecular flexibility index (Phi) is 67.7. The number of ether oxygens (including phenoxy) is 3. The minimum atomic E-state index is -0.790. The molecule has 6 nitrogen and oxygen atoms in total. The molecule has 0 N–H and O–H groups in total. The van der Waals surface area contributed by atoms with E-state index in [0.29, 0.717) is 19.3 Å². The van der Waals surface area contributed by atoms with Crippen molar-refractivity contribution in [3.8, 4) is 0 Å². The molecule has 0 aliphatic rings. The number of allylic oxidation sites excluding steroid dienone is 16. The first kappa shape index (κ1) is 79.3. The van der Waals surface area contributed by atoms with Crippen LogP contribution in [0.5, 0.6) is 0 Å². The molecule has 0 aliphatic heterocycles. The van der Waals surface area contributed by atoms with Crippen molar-refractivity contribution in [2.24, 2.45) is 0 Å². The molecule has 478 valence electrons. The van der Waals surface area contributed by atoms with Gasteiger partial charge in [-0.2, -0.15) is 0 Å². The lowest BCUT2D eigenvalue weighted by Crippen LogP contribution is -2.30. The first-order valence-electron chi connectivity index (χ1n) is 35.7. The van der Waals surface area contributed by atoms with Crippen LogP contribution in [-0.2, 0) is 28.6 Å². The Hall–Kier alpha value is -3.67. The zero-order valence-corrected chi connectivity index (χ0v) is 54.9. The number of hydrogen-bond donors (Lipinski definition) is 0. The second kappa shape index (κ2) is 70.8. The number of hydrogen-bond acceptors (Lipinski definition) is 6. The van der Waals surface area contributed by atoms with Crippen molar-refractivity contribution in [2.45, 2.75) is 361 Å². The van der Waals surface area contributed by atoms with Gasteiger partial charge in [0.15, 0.2) is 6.10 Å². The Morgan fingerprint density at radius 1 is 0.253 bits per heavy atom. The first-order valence-corrected chi connectivity index (χ1v) is 35.7. The molecule has 0 aromatic rings. The molecule has 0 rings (SSSR count). The molecular formula is C77H134O6. The highest BCUT2D eigenvalue weighted by atomic mass is 16.6. The van der Waals surface area contributed by atoms with E-state index in [2.05, 4.69) is 118 Å². The van der Waals surface area contributed by atoms with E-state index >= 15 is 0 Å². The molecule has 6 heteroatoms. The minimum Gasteiger partial charge on any atom is -0.462 e. The van der Waals surface area contributed by atoms with Crippen LogP contribution in [0.25, 0.3) is 0 Å². The molecule has 0 saturated carbocycles. The van der Waals surface area contributed by atoms with E-state index in [-0.39, 0.29) is 31.1 Å². The van der Waals surface area contributed by atoms with Crippen LogP contribution in [-0.4, -0.2) is 37.2 Å². The van der Waals surface area contributed by atoms with Gasteiger partial charge in [0.25, 0.3) is 0 Å². The minimum absolute atomic E-state index is 0.0826. The van der Waals surface area contributed by atoms with Crippen molar-refractivity contribution in [1.29, 1.82) is 0 Å². The fourth-order valence-corrected chi connectivity index (χ4v) is 10.3. The van der Waals surface area contributed by atoms with Gasteiger partial charge in [-0.1, -0.05) is 336 Å². The molecule has 0 radical (unpaired) electrons. The van der Waals surface area contributed by atoms with Crippen molar-refractivity contribution < 1.29 is 28.6 Å². The summed E-state index contributed by atoms with van der Waals surface area (Å²) in [7, 11) is 0. The van der Waals surface area contributed by atoms with Gasteiger partial charge in [-0.05, 0) is 96.3 Å². The fourth-order valence-electron chi connectivity index (χ4n) is 10.3. The molecule has 0 aromatic carbocycles. The summed E-state index contributed by atoms with van der Waals surface area (Å²) in [6.07, 6.45) is 95.8. The molecule has 0 spiro atoms. The van der Waals surface area contributed by atoms with E-state index in [1.54, 1.807) is 0 Å². The Labute approximate surface area is 515 Å². The predicted molar refractivity (Wildman–Crippen MR) is 362 cm³/mol. The summed E-state index contributed by atoms with van der Waals surface area (Å²) in [6, 6.07) is 0. The molecule has 0 bridgehead atoms. The van der Waals surface area contributed by atoms with Gasteiger partial charge in [0.05, 0.1) is 0 Å². The average molecular weight is 1160 g/mol. The summed E-state index contributed by atoms with van der Waals surface area (Å²) >= 11 is 0. The zero-order chi connectivity index (χ0) is 59.9. The van der Waals surface area contributed by atoms with E-state index in [9.17, 15) is 14.4 Å². The molecule has 0 saturated heterocycles. The molecule has 83 heavy (non-hydrogen) atoms. The highest BCUT2D eigenvalue weighted by molar-refractivity contribution is 5.71. The highest BCUT2D eigenvalue weighted by Crippen LogP contribution is 2.18. The summed E-state index contributed by atoms with van der Waals surface area (Å²) in [5, 5.41) is 0. The zero-order valence-electron chi connectivity index (χ0n) is 54.9. The lowest BCUT2D eigenvalue weighted by molar-refractivity contribution is -0.167. The summed E-state index contributed by atoms with van der Waals surface area (Å²) in [5.74, 6) is -0.886. The molecule has 1 unspecified atom stereocenters. The number of esters is 3. The molecule has 0 amide bonds. The van der Waals surface area contributed by atoms with Crippen molar-refractivity contribution in [1.82, 2.24) is 0 Å². The molecule has 0 aliphatic carbocycles. The second-order valence-electron chi connectivity index (χ2n) is 23.7. The normalized spacial score (nSPS) is 12.7. The first-order chi connectivity index (χ1) is 41.0. The van der Waals surface area contributed by atoms with Gasteiger partial charge in [0, 0.05) is 19.3 Å². The Morgan fingerprint density at radius 2 is 0.470 bits per heavy atom. The molecule has 0 fully saturated rings. The van der Waals surface area contributed by atoms with Gasteiger partial charge in [-0.15, -0.1) is 0 Å². The van der Waals surface area contributed by atoms with Gasteiger partial charge in [-0.25, -0.2) is 0 Å². The maximum Gasteiger partial charge on any atom is 0.306 e. The number of unbranched alkanes of at least 4 members (excludes halogenated alkanes) is 38. The standard InChI is InChI=1S/C77H134O6/c1-4-7-10-13-16-19-22-25-28-31-33-35-37-38-40-41-43-46-49-52-55-58-61-64-67-70-76(79)82-73-74(72-81-75(78)69-66-63-60-57-54-51-48-45-30-27-24-21-18-15-12-9-6-3)83-77(80)71-68-65-62-59-56-53-50-47-44-42-39-36-34-32-29-26-23-20-17-14-11-8-5-2/h8-9,11-12,17-18,20-21,26-27,29-30,34,36,42,44,74H,4-7,10,13-16,19,22-25,28,31-33,35,37-41,43,45-73H2,1-3H3/b11-8-,12-9-,20-17-,21-18-,29-26-,30-27-,36-34-,44-42-. The van der Waals surface area contributed by atoms with Crippen LogP contribution in [0, 0.1) is 0 Å². The third-order valence-corrected chi connectivity index (χ3v) is 15.6. The maximum absolute atomic E-state index is 13.0. The fraction of sp³-hybridized carbons (Fsp3) is 0.753. The van der Waals surface area contributed by atoms with Crippen molar-refractivity contribution >= 4 is 17.9 Å². The van der Waals surface area contributed by atoms with Gasteiger partial charge < -0.3 is 14.2 Å². The Bertz CT molecular complexity index is 1610. The number of rotatable bonds is 65. The third kappa shape index (κ3) is 69.0. The van der Waals surface area contributed by atoms with Gasteiger partial charge in [-0.3, -0.25) is 14.4 Å². The molecular weight excluding hydrogens is 1020 g/mol. The lowest BCUT2D eigenvalue weighted by atomic mass is 10.0. The van der Waals surface area contributed by atoms with Crippen LogP contribution >= 0.6 is 0 Å². The van der Waals surface area contributed by atoms with Crippen LogP contribution in [0.2, 0.25) is 0 Å². The van der Waals surface area contributed by atoms with E-state index in [1.807, 2.05) is 0 Å². The van der Waals surface area contributed by atoms with E-state index in [4.69, 9.17) is 14.2 Å². The summed E-state index contributed by atoms with van der Waals surface area (Å²) in [6.45, 7) is 6.45. The maximum atomic E-state index is 13.0. The SMILES string of the molecule is CC/C=C\C/C=C\C/C=C\C/C=C\C/C=C\CCCCCCCCCC(=O)OC(COC(=O)CCCCCCCCC/C=C\C/C=C\C/C=C\CC)COC(=O)CCCCCCCCCCCCCCCCCCCCCCCCCCC. The Morgan fingerprint density at radius 3 is 0.735 bits per heavy atom. The van der Waals surface area contributed by atoms with E-state index < -0.39 is 6.10 Å². The highest BCUT2D eigenvalue weighted by Gasteiger charge is 2.19. The lowest BCUT2D eigenvalue weighted by Gasteiger charge is -2.18. The predicted octanol–water partition coefficient (Wildman–Crippen LogP) is 24.8. The largest absolute Gasteiger partial charge is 0.462 e. The van der Waals surface area contributed by atoms with Crippen LogP contribution in [0.1, 0.15) is 355 Å². The quantitative estimate of drug-likeness (QED) is 0.0261. The van der Waals surface area contributed by atoms with Crippen LogP contribution in [0.15, 0.2) is 97.2 Å². The van der Waals surface area contributed by atoms with Gasteiger partial charge in [0.1, 0.15) is 13.2 Å². The van der Waals surface area contributed by atoms with Crippen LogP contribution < -0.4 is 0 Å². The van der Waals surface area contributed by atoms with E-state index in [0.717, 1.165) is 122 Å². The van der Waals surface area contributed by atoms with Gasteiger partial charge in [0.2, 0.25) is 0 Å².